The van der Waals surface area contributed by atoms with Gasteiger partial charge in [0.25, 0.3) is 0 Å². The predicted molar refractivity (Wildman–Crippen MR) is 51.6 cm³/mol. The van der Waals surface area contributed by atoms with Crippen LogP contribution in [0.15, 0.2) is 11.6 Å². The van der Waals surface area contributed by atoms with Gasteiger partial charge in [0.1, 0.15) is 11.2 Å². The molecule has 4 nitrogen and oxygen atoms in total. The molecule has 0 aromatic heterocycles. The van der Waals surface area contributed by atoms with Gasteiger partial charge in [-0.3, -0.25) is 0 Å². The van der Waals surface area contributed by atoms with Crippen molar-refractivity contribution in [1.82, 2.24) is 0 Å². The molecule has 0 aliphatic carbocycles. The molecule has 0 aromatic carbocycles. The Hall–Kier alpha value is -1.32. The van der Waals surface area contributed by atoms with Crippen LogP contribution < -0.4 is 0 Å². The molecule has 0 saturated carbocycles. The molecule has 0 amide bonds. The van der Waals surface area contributed by atoms with Crippen molar-refractivity contribution in [2.24, 2.45) is 0 Å². The Bertz CT molecular complexity index is 258. The summed E-state index contributed by atoms with van der Waals surface area (Å²) in [6, 6.07) is 0. The van der Waals surface area contributed by atoms with Gasteiger partial charge in [0, 0.05) is 0 Å². The number of carbonyl (C=O) groups excluding carboxylic acids is 2. The second kappa shape index (κ2) is 4.79. The van der Waals surface area contributed by atoms with Gasteiger partial charge in [-0.25, -0.2) is 9.59 Å². The Kier molecular flexibility index (Phi) is 4.34. The van der Waals surface area contributed by atoms with Gasteiger partial charge in [-0.05, 0) is 27.7 Å². The van der Waals surface area contributed by atoms with E-state index in [2.05, 4.69) is 4.74 Å². The minimum Gasteiger partial charge on any atom is -0.465 e. The molecule has 4 heteroatoms. The number of esters is 2. The zero-order valence-electron chi connectivity index (χ0n) is 9.21. The lowest BCUT2D eigenvalue weighted by atomic mass is 10.2. The molecule has 0 heterocycles. The fourth-order valence-electron chi connectivity index (χ4n) is 0.762. The van der Waals surface area contributed by atoms with Crippen LogP contribution in [0.3, 0.4) is 0 Å². The smallest absolute Gasteiger partial charge is 0.345 e. The average molecular weight is 200 g/mol. The molecule has 0 saturated heterocycles. The highest BCUT2D eigenvalue weighted by Gasteiger charge is 2.24. The lowest BCUT2D eigenvalue weighted by molar-refractivity contribution is -0.153. The number of carbonyl (C=O) groups is 2. The monoisotopic (exact) mass is 200 g/mol. The van der Waals surface area contributed by atoms with Gasteiger partial charge in [-0.15, -0.1) is 0 Å². The average Bonchev–Trinajstić information content (AvgIpc) is 2.01. The first-order chi connectivity index (χ1) is 6.31. The van der Waals surface area contributed by atoms with Crippen LogP contribution >= 0.6 is 0 Å². The van der Waals surface area contributed by atoms with E-state index >= 15 is 0 Å². The summed E-state index contributed by atoms with van der Waals surface area (Å²) in [5, 5.41) is 0. The SMILES string of the molecule is C/C=C(\C(=O)OC)C(=O)OC(C)(C)C. The molecule has 14 heavy (non-hydrogen) atoms. The van der Waals surface area contributed by atoms with E-state index in [4.69, 9.17) is 4.74 Å². The molecule has 0 radical (unpaired) electrons. The number of ether oxygens (including phenoxy) is 2. The second-order valence-corrected chi connectivity index (χ2v) is 3.70. The van der Waals surface area contributed by atoms with E-state index in [1.165, 1.54) is 13.2 Å². The van der Waals surface area contributed by atoms with Crippen LogP contribution in [-0.4, -0.2) is 24.6 Å². The maximum Gasteiger partial charge on any atom is 0.345 e. The molecule has 0 rings (SSSR count). The first kappa shape index (κ1) is 12.7. The number of methoxy groups -OCH3 is 1. The fraction of sp³-hybridized carbons (Fsp3) is 0.600. The lowest BCUT2D eigenvalue weighted by Gasteiger charge is -2.19. The van der Waals surface area contributed by atoms with E-state index < -0.39 is 17.5 Å². The van der Waals surface area contributed by atoms with Crippen molar-refractivity contribution in [3.05, 3.63) is 11.6 Å². The van der Waals surface area contributed by atoms with Crippen LogP contribution in [0.2, 0.25) is 0 Å². The minimum atomic E-state index is -0.679. The Morgan fingerprint density at radius 1 is 1.14 bits per heavy atom. The fourth-order valence-corrected chi connectivity index (χ4v) is 0.762. The Labute approximate surface area is 83.9 Å². The molecule has 0 aliphatic heterocycles. The number of rotatable bonds is 2. The van der Waals surface area contributed by atoms with Crippen molar-refractivity contribution in [3.63, 3.8) is 0 Å². The van der Waals surface area contributed by atoms with Crippen molar-refractivity contribution in [2.45, 2.75) is 33.3 Å². The quantitative estimate of drug-likeness (QED) is 0.293. The highest BCUT2D eigenvalue weighted by molar-refractivity contribution is 6.14. The number of allylic oxidation sites excluding steroid dienone is 1. The molecular formula is C10H16O4. The van der Waals surface area contributed by atoms with E-state index in [9.17, 15) is 9.59 Å². The van der Waals surface area contributed by atoms with E-state index in [1.807, 2.05) is 0 Å². The number of hydrogen-bond acceptors (Lipinski definition) is 4. The van der Waals surface area contributed by atoms with Crippen LogP contribution in [-0.2, 0) is 19.1 Å². The van der Waals surface area contributed by atoms with Gasteiger partial charge in [-0.2, -0.15) is 0 Å². The van der Waals surface area contributed by atoms with Crippen molar-refractivity contribution in [3.8, 4) is 0 Å². The van der Waals surface area contributed by atoms with Crippen molar-refractivity contribution >= 4 is 11.9 Å². The summed E-state index contributed by atoms with van der Waals surface area (Å²) in [6.45, 7) is 6.77. The van der Waals surface area contributed by atoms with E-state index in [-0.39, 0.29) is 5.57 Å². The molecule has 0 spiro atoms. The van der Waals surface area contributed by atoms with Crippen LogP contribution in [0.1, 0.15) is 27.7 Å². The van der Waals surface area contributed by atoms with Crippen molar-refractivity contribution in [1.29, 1.82) is 0 Å². The maximum atomic E-state index is 11.4. The topological polar surface area (TPSA) is 52.6 Å². The van der Waals surface area contributed by atoms with Gasteiger partial charge in [0.2, 0.25) is 0 Å². The first-order valence-electron chi connectivity index (χ1n) is 4.29. The van der Waals surface area contributed by atoms with Crippen LogP contribution in [0.4, 0.5) is 0 Å². The van der Waals surface area contributed by atoms with Crippen molar-refractivity contribution in [2.75, 3.05) is 7.11 Å². The first-order valence-corrected chi connectivity index (χ1v) is 4.29. The molecule has 0 N–H and O–H groups in total. The predicted octanol–water partition coefficient (Wildman–Crippen LogP) is 1.45. The molecule has 0 fully saturated rings. The molecule has 0 atom stereocenters. The third-order valence-electron chi connectivity index (χ3n) is 1.31. The molecule has 0 aromatic rings. The summed E-state index contributed by atoms with van der Waals surface area (Å²) in [5.74, 6) is -1.34. The van der Waals surface area contributed by atoms with Gasteiger partial charge in [0.15, 0.2) is 0 Å². The highest BCUT2D eigenvalue weighted by Crippen LogP contribution is 2.11. The van der Waals surface area contributed by atoms with Crippen LogP contribution in [0, 0.1) is 0 Å². The summed E-state index contributed by atoms with van der Waals surface area (Å²) >= 11 is 0. The Morgan fingerprint density at radius 3 is 1.93 bits per heavy atom. The van der Waals surface area contributed by atoms with Gasteiger partial charge in [-0.1, -0.05) is 6.08 Å². The molecule has 80 valence electrons. The third kappa shape index (κ3) is 4.07. The Balaban J connectivity index is 4.59. The third-order valence-corrected chi connectivity index (χ3v) is 1.31. The molecule has 0 aliphatic rings. The zero-order valence-corrected chi connectivity index (χ0v) is 9.21. The largest absolute Gasteiger partial charge is 0.465 e. The highest BCUT2D eigenvalue weighted by atomic mass is 16.6. The van der Waals surface area contributed by atoms with Crippen LogP contribution in [0.25, 0.3) is 0 Å². The summed E-state index contributed by atoms with van der Waals surface area (Å²) in [7, 11) is 1.22. The van der Waals surface area contributed by atoms with Gasteiger partial charge < -0.3 is 9.47 Å². The van der Waals surface area contributed by atoms with E-state index in [0.29, 0.717) is 0 Å². The summed E-state index contributed by atoms with van der Waals surface area (Å²) < 4.78 is 9.44. The summed E-state index contributed by atoms with van der Waals surface area (Å²) in [4.78, 5) is 22.5. The minimum absolute atomic E-state index is 0.0811. The summed E-state index contributed by atoms with van der Waals surface area (Å²) in [5.41, 5.74) is -0.693. The molecule has 0 unspecified atom stereocenters. The second-order valence-electron chi connectivity index (χ2n) is 3.70. The molecule has 0 bridgehead atoms. The van der Waals surface area contributed by atoms with Crippen molar-refractivity contribution < 1.29 is 19.1 Å². The Morgan fingerprint density at radius 2 is 1.64 bits per heavy atom. The van der Waals surface area contributed by atoms with Gasteiger partial charge in [0.05, 0.1) is 7.11 Å². The maximum absolute atomic E-state index is 11.4. The standard InChI is InChI=1S/C10H16O4/c1-6-7(8(11)13-5)9(12)14-10(2,3)4/h6H,1-5H3/b7-6+. The summed E-state index contributed by atoms with van der Waals surface area (Å²) in [6.07, 6.45) is 1.37. The van der Waals surface area contributed by atoms with Gasteiger partial charge >= 0.3 is 11.9 Å². The lowest BCUT2D eigenvalue weighted by Crippen LogP contribution is -2.27. The normalized spacial score (nSPS) is 12.2. The van der Waals surface area contributed by atoms with Crippen LogP contribution in [0.5, 0.6) is 0 Å². The van der Waals surface area contributed by atoms with E-state index in [0.717, 1.165) is 0 Å². The number of hydrogen-bond donors (Lipinski definition) is 0. The zero-order chi connectivity index (χ0) is 11.4. The van der Waals surface area contributed by atoms with E-state index in [1.54, 1.807) is 27.7 Å². The molecular weight excluding hydrogens is 184 g/mol.